The number of unbranched alkanes of at least 4 members (excludes halogenated alkanes) is 1. The number of para-hydroxylation sites is 1. The maximum absolute atomic E-state index is 14.5. The van der Waals surface area contributed by atoms with Gasteiger partial charge in [0.1, 0.15) is 17.6 Å². The van der Waals surface area contributed by atoms with Gasteiger partial charge in [-0.25, -0.2) is 0 Å². The number of hydrogen-bond acceptors (Lipinski definition) is 6. The van der Waals surface area contributed by atoms with E-state index in [1.807, 2.05) is 26.0 Å². The second-order valence-corrected chi connectivity index (χ2v) is 10.6. The molecule has 0 aromatic heterocycles. The number of carbonyl (C=O) groups is 3. The normalized spacial score (nSPS) is 27.4. The topological polar surface area (TPSA) is 96.4 Å². The monoisotopic (exact) mass is 516 g/mol. The van der Waals surface area contributed by atoms with Crippen molar-refractivity contribution in [1.82, 2.24) is 4.90 Å². The molecule has 1 N–H and O–H groups in total. The summed E-state index contributed by atoms with van der Waals surface area (Å²) in [5, 5.41) is 11.8. The maximum Gasteiger partial charge on any atom is 0.296 e. The molecule has 4 aliphatic heterocycles. The Bertz CT molecular complexity index is 1360. The first-order valence-electron chi connectivity index (χ1n) is 13.5. The van der Waals surface area contributed by atoms with Crippen LogP contribution in [0.4, 0.5) is 5.69 Å². The molecule has 8 heteroatoms. The van der Waals surface area contributed by atoms with E-state index in [4.69, 9.17) is 9.47 Å². The third-order valence-electron chi connectivity index (χ3n) is 8.12. The summed E-state index contributed by atoms with van der Waals surface area (Å²) in [5.41, 5.74) is 0.561. The second-order valence-electron chi connectivity index (χ2n) is 10.6. The number of anilines is 1. The van der Waals surface area contributed by atoms with Crippen LogP contribution in [0.25, 0.3) is 5.76 Å². The number of ketones is 1. The van der Waals surface area contributed by atoms with Gasteiger partial charge in [-0.15, -0.1) is 0 Å². The highest BCUT2D eigenvalue weighted by Gasteiger charge is 2.67. The van der Waals surface area contributed by atoms with Crippen molar-refractivity contribution in [3.63, 3.8) is 0 Å². The van der Waals surface area contributed by atoms with Gasteiger partial charge in [0.05, 0.1) is 17.4 Å². The summed E-state index contributed by atoms with van der Waals surface area (Å²) in [6.07, 6.45) is 3.61. The van der Waals surface area contributed by atoms with Gasteiger partial charge in [-0.1, -0.05) is 31.5 Å². The van der Waals surface area contributed by atoms with Gasteiger partial charge in [0.25, 0.3) is 17.6 Å². The zero-order valence-corrected chi connectivity index (χ0v) is 21.7. The molecule has 2 aromatic rings. The van der Waals surface area contributed by atoms with Crippen molar-refractivity contribution in [2.24, 2.45) is 0 Å². The Morgan fingerprint density at radius 3 is 2.74 bits per heavy atom. The van der Waals surface area contributed by atoms with E-state index in [1.54, 1.807) is 35.2 Å². The molecule has 38 heavy (non-hydrogen) atoms. The average Bonchev–Trinajstić information content (AvgIpc) is 3.66. The van der Waals surface area contributed by atoms with Crippen molar-refractivity contribution in [2.45, 2.75) is 63.7 Å². The molecule has 4 heterocycles. The molecule has 2 amide bonds. The first-order chi connectivity index (χ1) is 18.4. The van der Waals surface area contributed by atoms with E-state index in [2.05, 4.69) is 0 Å². The molecule has 0 saturated carbocycles. The Hall–Kier alpha value is -3.65. The number of fused-ring (bicyclic) bond motifs is 3. The molecule has 0 radical (unpaired) electrons. The minimum atomic E-state index is -1.75. The quantitative estimate of drug-likeness (QED) is 0.355. The summed E-state index contributed by atoms with van der Waals surface area (Å²) in [6.45, 7) is 5.13. The van der Waals surface area contributed by atoms with E-state index < -0.39 is 17.2 Å². The van der Waals surface area contributed by atoms with Crippen LogP contribution in [0, 0.1) is 0 Å². The van der Waals surface area contributed by atoms with Crippen LogP contribution >= 0.6 is 0 Å². The Kier molecular flexibility index (Phi) is 6.02. The predicted molar refractivity (Wildman–Crippen MR) is 141 cm³/mol. The van der Waals surface area contributed by atoms with Gasteiger partial charge < -0.3 is 24.4 Å². The number of likely N-dealkylation sites (tertiary alicyclic amines) is 1. The summed E-state index contributed by atoms with van der Waals surface area (Å²) >= 11 is 0. The lowest BCUT2D eigenvalue weighted by molar-refractivity contribution is -0.145. The minimum absolute atomic E-state index is 0.00777. The fraction of sp³-hybridized carbons (Fsp3) is 0.433. The van der Waals surface area contributed by atoms with Gasteiger partial charge in [0, 0.05) is 37.2 Å². The summed E-state index contributed by atoms with van der Waals surface area (Å²) in [7, 11) is 0. The second kappa shape index (κ2) is 9.27. The maximum atomic E-state index is 14.5. The molecule has 6 rings (SSSR count). The zero-order valence-electron chi connectivity index (χ0n) is 21.7. The highest BCUT2D eigenvalue weighted by molar-refractivity contribution is 6.50. The van der Waals surface area contributed by atoms with Crippen molar-refractivity contribution < 1.29 is 29.0 Å². The van der Waals surface area contributed by atoms with Crippen LogP contribution in [0.5, 0.6) is 5.75 Å². The molecule has 4 aliphatic rings. The molecule has 3 atom stereocenters. The van der Waals surface area contributed by atoms with E-state index in [0.29, 0.717) is 36.4 Å². The molecule has 1 spiro atoms. The van der Waals surface area contributed by atoms with Crippen LogP contribution in [0.3, 0.4) is 0 Å². The standard InChI is InChI=1S/C30H32N2O6/c1-3-4-13-31-23-10-6-5-9-22(23)30(29(31)36)25(27(34)28(35)32(30)17-21-8-7-14-37-21)26(33)19-11-12-24-20(16-19)15-18(2)38-24/h5-6,9-12,16,18,21,33H,3-4,7-8,13-15,17H2,1-2H3/t18-,21+,30+/m0/s1. The Morgan fingerprint density at radius 1 is 1.16 bits per heavy atom. The smallest absolute Gasteiger partial charge is 0.296 e. The lowest BCUT2D eigenvalue weighted by Crippen LogP contribution is -2.54. The van der Waals surface area contributed by atoms with Crippen LogP contribution < -0.4 is 9.64 Å². The van der Waals surface area contributed by atoms with Gasteiger partial charge in [-0.3, -0.25) is 14.4 Å². The van der Waals surface area contributed by atoms with Crippen molar-refractivity contribution in [3.05, 3.63) is 64.7 Å². The first-order valence-corrected chi connectivity index (χ1v) is 13.5. The summed E-state index contributed by atoms with van der Waals surface area (Å²) in [4.78, 5) is 45.0. The third kappa shape index (κ3) is 3.50. The van der Waals surface area contributed by atoms with Crippen molar-refractivity contribution in [3.8, 4) is 5.75 Å². The summed E-state index contributed by atoms with van der Waals surface area (Å²) in [5.74, 6) is -1.65. The Balaban J connectivity index is 1.57. The SMILES string of the molecule is CCCCN1C(=O)[C@]2(C(=C(O)c3ccc4c(c3)C[C@H](C)O4)C(=O)C(=O)N2C[C@H]2CCCO2)c2ccccc21. The van der Waals surface area contributed by atoms with E-state index in [0.717, 1.165) is 37.0 Å². The van der Waals surface area contributed by atoms with Gasteiger partial charge in [0.15, 0.2) is 5.54 Å². The molecule has 0 unspecified atom stereocenters. The van der Waals surface area contributed by atoms with Gasteiger partial charge in [-0.05, 0) is 56.0 Å². The molecule has 198 valence electrons. The minimum Gasteiger partial charge on any atom is -0.507 e. The molecule has 0 bridgehead atoms. The van der Waals surface area contributed by atoms with Crippen LogP contribution in [-0.2, 0) is 31.1 Å². The van der Waals surface area contributed by atoms with E-state index in [9.17, 15) is 19.5 Å². The molecule has 2 fully saturated rings. The molecular formula is C30H32N2O6. The fourth-order valence-corrected chi connectivity index (χ4v) is 6.36. The number of aliphatic hydroxyl groups is 1. The number of amides is 2. The molecular weight excluding hydrogens is 484 g/mol. The van der Waals surface area contributed by atoms with E-state index in [-0.39, 0.29) is 36.0 Å². The van der Waals surface area contributed by atoms with Gasteiger partial charge >= 0.3 is 0 Å². The summed E-state index contributed by atoms with van der Waals surface area (Å²) < 4.78 is 11.6. The average molecular weight is 517 g/mol. The molecule has 2 saturated heterocycles. The van der Waals surface area contributed by atoms with E-state index in [1.165, 1.54) is 4.90 Å². The summed E-state index contributed by atoms with van der Waals surface area (Å²) in [6, 6.07) is 12.5. The molecule has 0 aliphatic carbocycles. The van der Waals surface area contributed by atoms with Crippen LogP contribution in [0.1, 0.15) is 56.2 Å². The number of benzene rings is 2. The van der Waals surface area contributed by atoms with Crippen molar-refractivity contribution in [2.75, 3.05) is 24.6 Å². The number of Topliss-reactive ketones (excluding diaryl/α,β-unsaturated/α-hetero) is 1. The lowest BCUT2D eigenvalue weighted by Gasteiger charge is -2.35. The molecule has 8 nitrogen and oxygen atoms in total. The first kappa shape index (κ1) is 24.7. The van der Waals surface area contributed by atoms with Gasteiger partial charge in [-0.2, -0.15) is 0 Å². The number of ether oxygens (including phenoxy) is 2. The number of aliphatic hydroxyl groups excluding tert-OH is 1. The number of carbonyl (C=O) groups excluding carboxylic acids is 3. The Labute approximate surface area is 221 Å². The van der Waals surface area contributed by atoms with E-state index >= 15 is 0 Å². The third-order valence-corrected chi connectivity index (χ3v) is 8.12. The van der Waals surface area contributed by atoms with Crippen molar-refractivity contribution >= 4 is 29.0 Å². The zero-order chi connectivity index (χ0) is 26.6. The van der Waals surface area contributed by atoms with Crippen LogP contribution in [-0.4, -0.2) is 59.5 Å². The lowest BCUT2D eigenvalue weighted by atomic mass is 9.81. The fourth-order valence-electron chi connectivity index (χ4n) is 6.36. The highest BCUT2D eigenvalue weighted by atomic mass is 16.5. The van der Waals surface area contributed by atoms with Crippen LogP contribution in [0.2, 0.25) is 0 Å². The number of hydrogen-bond donors (Lipinski definition) is 1. The number of rotatable bonds is 6. The highest BCUT2D eigenvalue weighted by Crippen LogP contribution is 2.54. The Morgan fingerprint density at radius 2 is 1.97 bits per heavy atom. The number of nitrogens with zero attached hydrogens (tertiary/aromatic N) is 2. The predicted octanol–water partition coefficient (Wildman–Crippen LogP) is 3.91. The van der Waals surface area contributed by atoms with Crippen LogP contribution in [0.15, 0.2) is 48.0 Å². The van der Waals surface area contributed by atoms with Gasteiger partial charge in [0.2, 0.25) is 0 Å². The largest absolute Gasteiger partial charge is 0.507 e. The van der Waals surface area contributed by atoms with Crippen molar-refractivity contribution in [1.29, 1.82) is 0 Å². The molecule has 2 aromatic carbocycles.